The molecule has 1 aliphatic carbocycles. The Morgan fingerprint density at radius 3 is 2.72 bits per heavy atom. The molecule has 4 rings (SSSR count). The van der Waals surface area contributed by atoms with Gasteiger partial charge in [0.2, 0.25) is 0 Å². The zero-order valence-electron chi connectivity index (χ0n) is 17.2. The molecule has 0 aliphatic heterocycles. The maximum Gasteiger partial charge on any atom is 0.277 e. The van der Waals surface area contributed by atoms with Crippen LogP contribution in [0.1, 0.15) is 48.9 Å². The Bertz CT molecular complexity index is 1080. The number of carbonyl (C=O) groups is 1. The number of nitrogens with zero attached hydrogens (tertiary/aromatic N) is 4. The maximum atomic E-state index is 13.1. The van der Waals surface area contributed by atoms with Crippen molar-refractivity contribution in [3.05, 3.63) is 46.4 Å². The average Bonchev–Trinajstić information content (AvgIpc) is 3.26. The minimum atomic E-state index is -0.163. The van der Waals surface area contributed by atoms with Crippen LogP contribution in [0.2, 0.25) is 0 Å². The van der Waals surface area contributed by atoms with E-state index in [1.807, 2.05) is 6.07 Å². The fourth-order valence-corrected chi connectivity index (χ4v) is 4.51. The summed E-state index contributed by atoms with van der Waals surface area (Å²) in [5.41, 5.74) is 2.61. The molecule has 7 heteroatoms. The van der Waals surface area contributed by atoms with Crippen LogP contribution >= 0.6 is 0 Å². The molecule has 1 N–H and O–H groups in total. The van der Waals surface area contributed by atoms with E-state index in [1.165, 1.54) is 32.1 Å². The molecule has 1 aliphatic rings. The van der Waals surface area contributed by atoms with Crippen molar-refractivity contribution >= 4 is 22.5 Å². The summed E-state index contributed by atoms with van der Waals surface area (Å²) < 4.78 is 3.46. The minimum Gasteiger partial charge on any atom is -0.355 e. The van der Waals surface area contributed by atoms with E-state index in [9.17, 15) is 9.59 Å². The summed E-state index contributed by atoms with van der Waals surface area (Å²) in [4.78, 5) is 27.7. The van der Waals surface area contributed by atoms with Crippen molar-refractivity contribution in [3.63, 3.8) is 0 Å². The highest BCUT2D eigenvalue weighted by Crippen LogP contribution is 2.22. The maximum absolute atomic E-state index is 13.1. The lowest BCUT2D eigenvalue weighted by Crippen LogP contribution is -2.35. The summed E-state index contributed by atoms with van der Waals surface area (Å²) >= 11 is 0. The molecule has 1 saturated carbocycles. The van der Waals surface area contributed by atoms with Gasteiger partial charge in [-0.1, -0.05) is 19.3 Å². The van der Waals surface area contributed by atoms with Crippen LogP contribution in [-0.2, 0) is 6.54 Å². The van der Waals surface area contributed by atoms with Crippen molar-refractivity contribution in [2.75, 3.05) is 20.6 Å². The molecule has 0 atom stereocenters. The van der Waals surface area contributed by atoms with E-state index in [0.717, 1.165) is 24.0 Å². The summed E-state index contributed by atoms with van der Waals surface area (Å²) in [5.74, 6) is -0.163. The third-order valence-corrected chi connectivity index (χ3v) is 6.18. The van der Waals surface area contributed by atoms with E-state index in [1.54, 1.807) is 40.5 Å². The van der Waals surface area contributed by atoms with Gasteiger partial charge in [-0.05, 0) is 57.1 Å². The molecule has 0 bridgehead atoms. The summed E-state index contributed by atoms with van der Waals surface area (Å²) in [6.45, 7) is 1.57. The first-order valence-corrected chi connectivity index (χ1v) is 10.5. The SMILES string of the molecule is CNC(=O)c1ccc2c(c1)n(CCCN(C)C1CCCCC1)c(=O)c1ccnn12. The first-order chi connectivity index (χ1) is 14.1. The highest BCUT2D eigenvalue weighted by atomic mass is 16.1. The van der Waals surface area contributed by atoms with E-state index in [-0.39, 0.29) is 11.5 Å². The van der Waals surface area contributed by atoms with Gasteiger partial charge in [-0.15, -0.1) is 0 Å². The molecule has 0 radical (unpaired) electrons. The number of rotatable bonds is 6. The molecular formula is C22H29N5O2. The second-order valence-corrected chi connectivity index (χ2v) is 7.99. The summed E-state index contributed by atoms with van der Waals surface area (Å²) in [5, 5.41) is 6.96. The van der Waals surface area contributed by atoms with E-state index in [0.29, 0.717) is 23.7 Å². The van der Waals surface area contributed by atoms with Gasteiger partial charge in [0.05, 0.1) is 17.2 Å². The predicted octanol–water partition coefficient (Wildman–Crippen LogP) is 2.66. The molecule has 0 saturated heterocycles. The molecule has 7 nitrogen and oxygen atoms in total. The fourth-order valence-electron chi connectivity index (χ4n) is 4.51. The standard InChI is InChI=1S/C22H29N5O2/c1-23-21(28)16-9-10-18-20(15-16)26(22(29)19-11-12-24-27(18)19)14-6-13-25(2)17-7-4-3-5-8-17/h9-12,15,17H,3-8,13-14H2,1-2H3,(H,23,28). The summed E-state index contributed by atoms with van der Waals surface area (Å²) in [7, 11) is 3.80. The number of hydrogen-bond acceptors (Lipinski definition) is 4. The summed E-state index contributed by atoms with van der Waals surface area (Å²) in [6.07, 6.45) is 9.07. The van der Waals surface area contributed by atoms with Gasteiger partial charge < -0.3 is 14.8 Å². The van der Waals surface area contributed by atoms with E-state index in [2.05, 4.69) is 22.4 Å². The Morgan fingerprint density at radius 1 is 1.17 bits per heavy atom. The monoisotopic (exact) mass is 395 g/mol. The lowest BCUT2D eigenvalue weighted by atomic mass is 9.94. The van der Waals surface area contributed by atoms with Crippen molar-refractivity contribution in [3.8, 4) is 0 Å². The van der Waals surface area contributed by atoms with Gasteiger partial charge in [-0.25, -0.2) is 4.52 Å². The number of benzene rings is 1. The average molecular weight is 396 g/mol. The molecule has 0 spiro atoms. The van der Waals surface area contributed by atoms with E-state index in [4.69, 9.17) is 0 Å². The van der Waals surface area contributed by atoms with Crippen molar-refractivity contribution in [2.24, 2.45) is 0 Å². The van der Waals surface area contributed by atoms with Crippen LogP contribution < -0.4 is 10.9 Å². The van der Waals surface area contributed by atoms with E-state index < -0.39 is 0 Å². The zero-order chi connectivity index (χ0) is 20.4. The van der Waals surface area contributed by atoms with Gasteiger partial charge in [0.15, 0.2) is 0 Å². The Kier molecular flexibility index (Phi) is 5.67. The van der Waals surface area contributed by atoms with Crippen molar-refractivity contribution in [2.45, 2.75) is 51.1 Å². The molecule has 1 fully saturated rings. The van der Waals surface area contributed by atoms with Crippen LogP contribution in [0.4, 0.5) is 0 Å². The van der Waals surface area contributed by atoms with Crippen LogP contribution in [0.3, 0.4) is 0 Å². The molecule has 0 unspecified atom stereocenters. The topological polar surface area (TPSA) is 71.6 Å². The Labute approximate surface area is 170 Å². The quantitative estimate of drug-likeness (QED) is 0.697. The molecular weight excluding hydrogens is 366 g/mol. The Hall–Kier alpha value is -2.67. The number of fused-ring (bicyclic) bond motifs is 3. The van der Waals surface area contributed by atoms with Crippen molar-refractivity contribution in [1.29, 1.82) is 0 Å². The second-order valence-electron chi connectivity index (χ2n) is 7.99. The number of hydrogen-bond donors (Lipinski definition) is 1. The third kappa shape index (κ3) is 3.79. The lowest BCUT2D eigenvalue weighted by molar-refractivity contribution is 0.0963. The van der Waals surface area contributed by atoms with Gasteiger partial charge in [-0.3, -0.25) is 9.59 Å². The van der Waals surface area contributed by atoms with Gasteiger partial charge in [0, 0.05) is 25.2 Å². The number of nitrogens with one attached hydrogen (secondary N) is 1. The molecule has 1 amide bonds. The highest BCUT2D eigenvalue weighted by molar-refractivity contribution is 5.97. The molecule has 3 aromatic rings. The largest absolute Gasteiger partial charge is 0.355 e. The number of amides is 1. The van der Waals surface area contributed by atoms with Crippen LogP contribution in [0.15, 0.2) is 35.3 Å². The molecule has 2 heterocycles. The molecule has 2 aromatic heterocycles. The molecule has 154 valence electrons. The van der Waals surface area contributed by atoms with Crippen LogP contribution in [0.25, 0.3) is 16.6 Å². The molecule has 29 heavy (non-hydrogen) atoms. The number of carbonyl (C=O) groups excluding carboxylic acids is 1. The lowest BCUT2D eigenvalue weighted by Gasteiger charge is -2.31. The Balaban J connectivity index is 1.64. The van der Waals surface area contributed by atoms with Crippen LogP contribution in [0.5, 0.6) is 0 Å². The zero-order valence-corrected chi connectivity index (χ0v) is 17.2. The highest BCUT2D eigenvalue weighted by Gasteiger charge is 2.18. The van der Waals surface area contributed by atoms with Gasteiger partial charge >= 0.3 is 0 Å². The smallest absolute Gasteiger partial charge is 0.277 e. The van der Waals surface area contributed by atoms with Gasteiger partial charge in [-0.2, -0.15) is 5.10 Å². The Morgan fingerprint density at radius 2 is 1.97 bits per heavy atom. The second kappa shape index (κ2) is 8.37. The number of aromatic nitrogens is 3. The normalized spacial score (nSPS) is 15.4. The first-order valence-electron chi connectivity index (χ1n) is 10.5. The van der Waals surface area contributed by atoms with Crippen molar-refractivity contribution in [1.82, 2.24) is 24.4 Å². The molecule has 1 aromatic carbocycles. The number of aryl methyl sites for hydroxylation is 1. The first kappa shape index (κ1) is 19.6. The minimum absolute atomic E-state index is 0.0654. The van der Waals surface area contributed by atoms with Crippen LogP contribution in [0, 0.1) is 0 Å². The predicted molar refractivity (Wildman–Crippen MR) is 114 cm³/mol. The van der Waals surface area contributed by atoms with E-state index >= 15 is 0 Å². The van der Waals surface area contributed by atoms with Gasteiger partial charge in [0.1, 0.15) is 5.52 Å². The van der Waals surface area contributed by atoms with Gasteiger partial charge in [0.25, 0.3) is 11.5 Å². The van der Waals surface area contributed by atoms with Crippen molar-refractivity contribution < 1.29 is 4.79 Å². The fraction of sp³-hybridized carbons (Fsp3) is 0.500. The summed E-state index contributed by atoms with van der Waals surface area (Å²) in [6, 6.07) is 7.84. The van der Waals surface area contributed by atoms with Crippen LogP contribution in [-0.4, -0.2) is 51.7 Å². The third-order valence-electron chi connectivity index (χ3n) is 6.18.